The van der Waals surface area contributed by atoms with E-state index in [9.17, 15) is 33.7 Å². The van der Waals surface area contributed by atoms with Gasteiger partial charge in [-0.2, -0.15) is 0 Å². The first kappa shape index (κ1) is 49.5. The van der Waals surface area contributed by atoms with Gasteiger partial charge < -0.3 is 9.80 Å². The van der Waals surface area contributed by atoms with Crippen LogP contribution in [0.2, 0.25) is 0 Å². The minimum atomic E-state index is -3.90. The van der Waals surface area contributed by atoms with Crippen LogP contribution in [0.15, 0.2) is 306 Å². The number of hydrogen-bond acceptors (Lipinski definition) is 10. The highest BCUT2D eigenvalue weighted by Crippen LogP contribution is 2.51. The minimum absolute atomic E-state index is 0.0811. The highest BCUT2D eigenvalue weighted by molar-refractivity contribution is 7.92. The van der Waals surface area contributed by atoms with Gasteiger partial charge in [0, 0.05) is 44.3 Å². The first-order valence-corrected chi connectivity index (χ1v) is 29.8. The van der Waals surface area contributed by atoms with Gasteiger partial charge in [0.25, 0.3) is 0 Å². The normalized spacial score (nSPS) is 12.1. The molecule has 0 atom stereocenters. The second-order valence-corrected chi connectivity index (χ2v) is 25.5. The third kappa shape index (κ3) is 9.00. The topological polar surface area (TPSA) is 143 Å². The second-order valence-electron chi connectivity index (χ2n) is 17.7. The summed E-state index contributed by atoms with van der Waals surface area (Å²) in [6, 6.07) is 74.5. The monoisotopic (exact) mass is 1070 g/mol. The van der Waals surface area contributed by atoms with E-state index in [0.29, 0.717) is 34.1 Å². The fourth-order valence-electron chi connectivity index (χ4n) is 9.42. The molecule has 0 aliphatic rings. The zero-order chi connectivity index (χ0) is 52.7. The first-order chi connectivity index (χ1) is 36.7. The Morgan fingerprint density at radius 1 is 0.184 bits per heavy atom. The van der Waals surface area contributed by atoms with E-state index in [2.05, 4.69) is 0 Å². The van der Waals surface area contributed by atoms with Crippen LogP contribution in [0.5, 0.6) is 0 Å². The zero-order valence-electron chi connectivity index (χ0n) is 40.2. The van der Waals surface area contributed by atoms with Crippen LogP contribution in [-0.4, -0.2) is 33.7 Å². The second kappa shape index (κ2) is 19.9. The standard InChI is InChI=1S/C62H44N2O8S4/c65-73(66,49-17-5-1-6-18-49)53-37-29-45(30-38-53)63(46-31-39-54(40-32-46)74(67,68)50-19-7-2-8-20-50)61-57-25-13-15-27-59(57)62(60-28-16-14-26-58(60)61)64(47-33-41-55(42-34-47)75(69,70)51-21-9-3-10-22-51)48-35-43-56(44-36-48)76(71,72)52-23-11-4-12-24-52/h1-44H. The maximum absolute atomic E-state index is 13.9. The molecule has 0 amide bonds. The maximum Gasteiger partial charge on any atom is 0.206 e. The lowest BCUT2D eigenvalue weighted by Gasteiger charge is -2.33. The van der Waals surface area contributed by atoms with Crippen molar-refractivity contribution >= 4 is 95.0 Å². The summed E-state index contributed by atoms with van der Waals surface area (Å²) in [6.45, 7) is 0. The maximum atomic E-state index is 13.9. The molecule has 0 bridgehead atoms. The summed E-state index contributed by atoms with van der Waals surface area (Å²) in [4.78, 5) is 4.86. The van der Waals surface area contributed by atoms with Crippen molar-refractivity contribution in [2.24, 2.45) is 0 Å². The van der Waals surface area contributed by atoms with Crippen LogP contribution >= 0.6 is 0 Å². The summed E-state index contributed by atoms with van der Waals surface area (Å²) in [5.41, 5.74) is 3.63. The number of benzene rings is 11. The van der Waals surface area contributed by atoms with Crippen LogP contribution < -0.4 is 9.80 Å². The molecule has 0 saturated carbocycles. The van der Waals surface area contributed by atoms with Gasteiger partial charge in [0.2, 0.25) is 39.3 Å². The number of rotatable bonds is 14. The van der Waals surface area contributed by atoms with Crippen LogP contribution in [0.4, 0.5) is 34.1 Å². The Balaban J connectivity index is 1.14. The summed E-state index contributed by atoms with van der Waals surface area (Å²) in [6.07, 6.45) is 0. The summed E-state index contributed by atoms with van der Waals surface area (Å²) in [5, 5.41) is 2.92. The van der Waals surface area contributed by atoms with Crippen LogP contribution in [-0.2, 0) is 39.3 Å². The van der Waals surface area contributed by atoms with Gasteiger partial charge in [-0.1, -0.05) is 121 Å². The van der Waals surface area contributed by atoms with E-state index in [1.807, 2.05) is 58.3 Å². The van der Waals surface area contributed by atoms with E-state index in [-0.39, 0.29) is 39.2 Å². The van der Waals surface area contributed by atoms with Crippen molar-refractivity contribution in [3.05, 3.63) is 267 Å². The molecule has 0 N–H and O–H groups in total. The fraction of sp³-hybridized carbons (Fsp3) is 0. The van der Waals surface area contributed by atoms with Crippen LogP contribution in [0, 0.1) is 0 Å². The van der Waals surface area contributed by atoms with Crippen molar-refractivity contribution < 1.29 is 33.7 Å². The smallest absolute Gasteiger partial charge is 0.206 e. The number of nitrogens with zero attached hydrogens (tertiary/aromatic N) is 2. The molecule has 0 radical (unpaired) electrons. The summed E-state index contributed by atoms with van der Waals surface area (Å²) >= 11 is 0. The van der Waals surface area contributed by atoms with E-state index in [1.54, 1.807) is 218 Å². The Morgan fingerprint density at radius 3 is 0.526 bits per heavy atom. The molecule has 0 aliphatic carbocycles. The quantitative estimate of drug-likeness (QED) is 0.0762. The molecule has 76 heavy (non-hydrogen) atoms. The average molecular weight is 1070 g/mol. The van der Waals surface area contributed by atoms with Crippen molar-refractivity contribution in [2.75, 3.05) is 9.80 Å². The molecule has 0 heterocycles. The lowest BCUT2D eigenvalue weighted by molar-refractivity contribution is 0.594. The van der Waals surface area contributed by atoms with Crippen LogP contribution in [0.25, 0.3) is 21.5 Å². The molecule has 0 unspecified atom stereocenters. The van der Waals surface area contributed by atoms with Gasteiger partial charge in [-0.25, -0.2) is 33.7 Å². The van der Waals surface area contributed by atoms with Crippen molar-refractivity contribution in [2.45, 2.75) is 39.2 Å². The number of fused-ring (bicyclic) bond motifs is 2. The molecule has 0 aliphatic heterocycles. The Morgan fingerprint density at radius 2 is 0.342 bits per heavy atom. The molecular weight excluding hydrogens is 1030 g/mol. The molecular formula is C62H44N2O8S4. The molecule has 374 valence electrons. The zero-order valence-corrected chi connectivity index (χ0v) is 43.5. The Hall–Kier alpha value is -8.66. The van der Waals surface area contributed by atoms with Crippen LogP contribution in [0.3, 0.4) is 0 Å². The van der Waals surface area contributed by atoms with E-state index in [0.717, 1.165) is 21.5 Å². The molecule has 14 heteroatoms. The van der Waals surface area contributed by atoms with Crippen LogP contribution in [0.1, 0.15) is 0 Å². The Bertz CT molecular complexity index is 3830. The van der Waals surface area contributed by atoms with Gasteiger partial charge in [-0.15, -0.1) is 0 Å². The predicted octanol–water partition coefficient (Wildman–Crippen LogP) is 14.3. The lowest BCUT2D eigenvalue weighted by Crippen LogP contribution is -2.15. The summed E-state index contributed by atoms with van der Waals surface area (Å²) in [5.74, 6) is 0. The number of sulfone groups is 4. The van der Waals surface area contributed by atoms with E-state index in [1.165, 1.54) is 0 Å². The van der Waals surface area contributed by atoms with Gasteiger partial charge in [-0.3, -0.25) is 0 Å². The molecule has 11 rings (SSSR count). The summed E-state index contributed by atoms with van der Waals surface area (Å²) in [7, 11) is -15.6. The molecule has 10 nitrogen and oxygen atoms in total. The van der Waals surface area contributed by atoms with Gasteiger partial charge in [0.15, 0.2) is 0 Å². The van der Waals surface area contributed by atoms with Crippen molar-refractivity contribution in [3.8, 4) is 0 Å². The van der Waals surface area contributed by atoms with Crippen molar-refractivity contribution in [1.82, 2.24) is 0 Å². The van der Waals surface area contributed by atoms with Gasteiger partial charge >= 0.3 is 0 Å². The lowest BCUT2D eigenvalue weighted by atomic mass is 9.95. The van der Waals surface area contributed by atoms with Crippen molar-refractivity contribution in [3.63, 3.8) is 0 Å². The van der Waals surface area contributed by atoms with Crippen molar-refractivity contribution in [1.29, 1.82) is 0 Å². The predicted molar refractivity (Wildman–Crippen MR) is 298 cm³/mol. The molecule has 0 spiro atoms. The molecule has 0 saturated heterocycles. The van der Waals surface area contributed by atoms with Gasteiger partial charge in [-0.05, 0) is 146 Å². The van der Waals surface area contributed by atoms with E-state index < -0.39 is 39.3 Å². The van der Waals surface area contributed by atoms with E-state index in [4.69, 9.17) is 0 Å². The first-order valence-electron chi connectivity index (χ1n) is 23.9. The van der Waals surface area contributed by atoms with E-state index >= 15 is 0 Å². The van der Waals surface area contributed by atoms with Gasteiger partial charge in [0.1, 0.15) is 0 Å². The Labute approximate surface area is 441 Å². The third-order valence-electron chi connectivity index (χ3n) is 13.2. The summed E-state index contributed by atoms with van der Waals surface area (Å²) < 4.78 is 111. The highest BCUT2D eigenvalue weighted by Gasteiger charge is 2.28. The Kier molecular flexibility index (Phi) is 13.0. The SMILES string of the molecule is O=S(=O)(c1ccccc1)c1ccc(N(c2ccc(S(=O)(=O)c3ccccc3)cc2)c2c3ccccc3c(N(c3ccc(S(=O)(=O)c4ccccc4)cc3)c3ccc(S(=O)(=O)c4ccccc4)cc3)c3ccccc23)cc1. The number of hydrogen-bond donors (Lipinski definition) is 0. The number of anilines is 6. The third-order valence-corrected chi connectivity index (χ3v) is 20.3. The molecule has 0 aromatic heterocycles. The molecule has 0 fully saturated rings. The average Bonchev–Trinajstić information content (AvgIpc) is 3.50. The molecule has 11 aromatic carbocycles. The van der Waals surface area contributed by atoms with Gasteiger partial charge in [0.05, 0.1) is 50.5 Å². The minimum Gasteiger partial charge on any atom is -0.309 e. The molecule has 11 aromatic rings. The highest BCUT2D eigenvalue weighted by atomic mass is 32.2. The largest absolute Gasteiger partial charge is 0.309 e. The fourth-order valence-corrected chi connectivity index (χ4v) is 14.5.